The van der Waals surface area contributed by atoms with E-state index in [1.807, 2.05) is 58.9 Å². The number of amides is 2. The summed E-state index contributed by atoms with van der Waals surface area (Å²) in [6, 6.07) is 9.81. The highest BCUT2D eigenvalue weighted by Crippen LogP contribution is 2.41. The molecule has 0 bridgehead atoms. The first-order valence-corrected chi connectivity index (χ1v) is 13.1. The molecule has 184 valence electrons. The Morgan fingerprint density at radius 3 is 2.54 bits per heavy atom. The average Bonchev–Trinajstić information content (AvgIpc) is 3.15. The van der Waals surface area contributed by atoms with Gasteiger partial charge in [-0.3, -0.25) is 4.79 Å². The van der Waals surface area contributed by atoms with E-state index in [0.29, 0.717) is 23.2 Å². The first-order valence-electron chi connectivity index (χ1n) is 11.4. The van der Waals surface area contributed by atoms with Crippen molar-refractivity contribution in [3.8, 4) is 16.2 Å². The summed E-state index contributed by atoms with van der Waals surface area (Å²) >= 11 is 5.22. The number of nitrogens with one attached hydrogen (secondary N) is 2. The Balaban J connectivity index is 1.54. The number of ether oxygens (including phenoxy) is 2. The highest BCUT2D eigenvalue weighted by Gasteiger charge is 2.22. The van der Waals surface area contributed by atoms with Crippen molar-refractivity contribution in [1.82, 2.24) is 5.32 Å². The van der Waals surface area contributed by atoms with Crippen molar-refractivity contribution in [3.05, 3.63) is 68.0 Å². The predicted octanol–water partition coefficient (Wildman–Crippen LogP) is 7.01. The van der Waals surface area contributed by atoms with Gasteiger partial charge in [0.05, 0.1) is 12.2 Å². The summed E-state index contributed by atoms with van der Waals surface area (Å²) in [4.78, 5) is 26.5. The molecule has 0 radical (unpaired) electrons. The molecule has 3 aromatic rings. The van der Waals surface area contributed by atoms with Crippen LogP contribution in [0.2, 0.25) is 0 Å². The number of halogens is 1. The molecular weight excluding hydrogens is 528 g/mol. The van der Waals surface area contributed by atoms with Crippen LogP contribution in [0.15, 0.2) is 40.2 Å². The summed E-state index contributed by atoms with van der Waals surface area (Å²) in [6.07, 6.45) is 0.385. The van der Waals surface area contributed by atoms with Crippen LogP contribution < -0.4 is 15.4 Å². The zero-order valence-corrected chi connectivity index (χ0v) is 22.9. The molecule has 2 aromatic carbocycles. The number of benzene rings is 2. The van der Waals surface area contributed by atoms with E-state index in [2.05, 4.69) is 38.0 Å². The molecule has 35 heavy (non-hydrogen) atoms. The zero-order chi connectivity index (χ0) is 25.3. The van der Waals surface area contributed by atoms with Gasteiger partial charge in [-0.05, 0) is 96.4 Å². The lowest BCUT2D eigenvalue weighted by Crippen LogP contribution is -2.32. The maximum atomic E-state index is 13.3. The molecule has 0 unspecified atom stereocenters. The fourth-order valence-electron chi connectivity index (χ4n) is 4.09. The monoisotopic (exact) mass is 556 g/mol. The van der Waals surface area contributed by atoms with E-state index >= 15 is 0 Å². The zero-order valence-electron chi connectivity index (χ0n) is 20.5. The van der Waals surface area contributed by atoms with Crippen LogP contribution in [0.3, 0.4) is 0 Å². The van der Waals surface area contributed by atoms with E-state index in [1.165, 1.54) is 5.56 Å². The third kappa shape index (κ3) is 5.87. The Hall–Kier alpha value is -2.84. The number of thiophene rings is 1. The van der Waals surface area contributed by atoms with Gasteiger partial charge in [0, 0.05) is 33.6 Å². The molecule has 1 aliphatic heterocycles. The Bertz CT molecular complexity index is 1270. The van der Waals surface area contributed by atoms with Crippen LogP contribution >= 0.6 is 27.3 Å². The van der Waals surface area contributed by atoms with Crippen LogP contribution in [0.5, 0.6) is 5.75 Å². The van der Waals surface area contributed by atoms with Gasteiger partial charge in [0.25, 0.3) is 5.91 Å². The van der Waals surface area contributed by atoms with Gasteiger partial charge in [-0.2, -0.15) is 0 Å². The maximum Gasteiger partial charge on any atom is 0.407 e. The third-order valence-electron chi connectivity index (χ3n) is 5.60. The second-order valence-corrected chi connectivity index (χ2v) is 11.4. The highest BCUT2D eigenvalue weighted by atomic mass is 79.9. The standard InChI is InChI=1S/C27H29BrN2O4S/c1-15-10-17(14-29-26(32)34-27(3,4)5)11-16(2)23(15)30-25(31)19-12-20-22(13-21(19)28)33-8-6-18-7-9-35-24(18)20/h7,9-13H,6,8,14H2,1-5H3,(H,29,32)(H,30,31). The normalized spacial score (nSPS) is 12.6. The molecule has 1 aromatic heterocycles. The summed E-state index contributed by atoms with van der Waals surface area (Å²) in [5, 5.41) is 7.94. The largest absolute Gasteiger partial charge is 0.493 e. The van der Waals surface area contributed by atoms with Crippen molar-refractivity contribution in [3.63, 3.8) is 0 Å². The lowest BCUT2D eigenvalue weighted by Gasteiger charge is -2.20. The number of carbonyl (C=O) groups excluding carboxylic acids is 2. The summed E-state index contributed by atoms with van der Waals surface area (Å²) < 4.78 is 11.9. The fourth-order valence-corrected chi connectivity index (χ4v) is 5.57. The number of rotatable bonds is 4. The number of fused-ring (bicyclic) bond motifs is 3. The minimum absolute atomic E-state index is 0.201. The number of aryl methyl sites for hydroxylation is 2. The topological polar surface area (TPSA) is 76.7 Å². The van der Waals surface area contributed by atoms with Gasteiger partial charge < -0.3 is 20.1 Å². The lowest BCUT2D eigenvalue weighted by molar-refractivity contribution is 0.0523. The molecule has 4 rings (SSSR count). The van der Waals surface area contributed by atoms with Crippen molar-refractivity contribution in [2.45, 2.75) is 53.2 Å². The Kier molecular flexibility index (Phi) is 7.24. The molecule has 8 heteroatoms. The van der Waals surface area contributed by atoms with Crippen LogP contribution in [0, 0.1) is 13.8 Å². The van der Waals surface area contributed by atoms with Gasteiger partial charge >= 0.3 is 6.09 Å². The van der Waals surface area contributed by atoms with Gasteiger partial charge in [-0.25, -0.2) is 4.79 Å². The molecule has 2 amide bonds. The molecule has 2 N–H and O–H groups in total. The molecular formula is C27H29BrN2O4S. The molecule has 0 aliphatic carbocycles. The van der Waals surface area contributed by atoms with E-state index in [4.69, 9.17) is 9.47 Å². The molecule has 0 saturated carbocycles. The van der Waals surface area contributed by atoms with Gasteiger partial charge in [-0.1, -0.05) is 12.1 Å². The highest BCUT2D eigenvalue weighted by molar-refractivity contribution is 9.10. The molecule has 0 spiro atoms. The smallest absolute Gasteiger partial charge is 0.407 e. The van der Waals surface area contributed by atoms with Crippen LogP contribution in [0.25, 0.3) is 10.4 Å². The third-order valence-corrected chi connectivity index (χ3v) is 7.25. The van der Waals surface area contributed by atoms with Gasteiger partial charge in [0.2, 0.25) is 0 Å². The molecule has 0 saturated heterocycles. The minimum atomic E-state index is -0.550. The first kappa shape index (κ1) is 25.3. The van der Waals surface area contributed by atoms with Crippen molar-refractivity contribution in [1.29, 1.82) is 0 Å². The molecule has 2 heterocycles. The SMILES string of the molecule is Cc1cc(CNC(=O)OC(C)(C)C)cc(C)c1NC(=O)c1cc2c(cc1Br)OCCc1ccsc1-2. The molecule has 1 aliphatic rings. The van der Waals surface area contributed by atoms with Crippen LogP contribution in [0.4, 0.5) is 10.5 Å². The molecule has 0 fully saturated rings. The predicted molar refractivity (Wildman–Crippen MR) is 144 cm³/mol. The number of hydrogen-bond acceptors (Lipinski definition) is 5. The van der Waals surface area contributed by atoms with Crippen LogP contribution in [-0.4, -0.2) is 24.2 Å². The Morgan fingerprint density at radius 2 is 1.86 bits per heavy atom. The first-order chi connectivity index (χ1) is 16.5. The fraction of sp³-hybridized carbons (Fsp3) is 0.333. The Labute approximate surface area is 218 Å². The van der Waals surface area contributed by atoms with Gasteiger partial charge in [0.15, 0.2) is 0 Å². The Morgan fingerprint density at radius 1 is 1.14 bits per heavy atom. The van der Waals surface area contributed by atoms with Crippen molar-refractivity contribution >= 4 is 45.0 Å². The van der Waals surface area contributed by atoms with Crippen molar-refractivity contribution in [2.24, 2.45) is 0 Å². The van der Waals surface area contributed by atoms with Crippen LogP contribution in [0.1, 0.15) is 53.4 Å². The number of alkyl carbamates (subject to hydrolysis) is 1. The second kappa shape index (κ2) is 10.0. The van der Waals surface area contributed by atoms with E-state index in [-0.39, 0.29) is 5.91 Å². The van der Waals surface area contributed by atoms with Crippen molar-refractivity contribution < 1.29 is 19.1 Å². The minimum Gasteiger partial charge on any atom is -0.493 e. The maximum absolute atomic E-state index is 13.3. The average molecular weight is 558 g/mol. The quantitative estimate of drug-likeness (QED) is 0.362. The van der Waals surface area contributed by atoms with E-state index in [0.717, 1.165) is 45.0 Å². The number of anilines is 1. The summed E-state index contributed by atoms with van der Waals surface area (Å²) in [6.45, 7) is 10.3. The van der Waals surface area contributed by atoms with E-state index in [9.17, 15) is 9.59 Å². The number of hydrogen-bond donors (Lipinski definition) is 2. The van der Waals surface area contributed by atoms with Crippen LogP contribution in [-0.2, 0) is 17.7 Å². The van der Waals surface area contributed by atoms with Gasteiger partial charge in [-0.15, -0.1) is 11.3 Å². The summed E-state index contributed by atoms with van der Waals surface area (Å²) in [5.74, 6) is 0.580. The van der Waals surface area contributed by atoms with Crippen molar-refractivity contribution in [2.75, 3.05) is 11.9 Å². The molecule has 6 nitrogen and oxygen atoms in total. The summed E-state index contributed by atoms with van der Waals surface area (Å²) in [5.41, 5.74) is 5.68. The number of carbonyl (C=O) groups is 2. The lowest BCUT2D eigenvalue weighted by atomic mass is 10.0. The van der Waals surface area contributed by atoms with E-state index < -0.39 is 11.7 Å². The molecule has 0 atom stereocenters. The van der Waals surface area contributed by atoms with E-state index in [1.54, 1.807) is 11.3 Å². The van der Waals surface area contributed by atoms with Gasteiger partial charge in [0.1, 0.15) is 11.4 Å². The second-order valence-electron chi connectivity index (χ2n) is 9.62. The summed E-state index contributed by atoms with van der Waals surface area (Å²) in [7, 11) is 0.